The van der Waals surface area contributed by atoms with Crippen LogP contribution >= 0.6 is 0 Å². The molecule has 200 valence electrons. The first-order chi connectivity index (χ1) is 19.6. The lowest BCUT2D eigenvalue weighted by atomic mass is 10.00. The van der Waals surface area contributed by atoms with Crippen LogP contribution in [0.5, 0.6) is 11.5 Å². The maximum atomic E-state index is 6.42. The molecule has 0 spiro atoms. The van der Waals surface area contributed by atoms with Crippen LogP contribution in [-0.2, 0) is 13.2 Å². The molecule has 3 aromatic heterocycles. The van der Waals surface area contributed by atoms with Crippen molar-refractivity contribution in [2.24, 2.45) is 0 Å². The van der Waals surface area contributed by atoms with Crippen LogP contribution in [0.15, 0.2) is 98.0 Å². The molecule has 0 saturated heterocycles. The highest BCUT2D eigenvalue weighted by atomic mass is 16.5. The Morgan fingerprint density at radius 2 is 1.73 bits per heavy atom. The molecule has 0 unspecified atom stereocenters. The summed E-state index contributed by atoms with van der Waals surface area (Å²) in [6.07, 6.45) is 9.03. The van der Waals surface area contributed by atoms with Gasteiger partial charge in [-0.05, 0) is 60.4 Å². The Labute approximate surface area is 232 Å². The lowest BCUT2D eigenvalue weighted by Gasteiger charge is -2.14. The molecule has 2 N–H and O–H groups in total. The average molecular weight is 531 g/mol. The van der Waals surface area contributed by atoms with Gasteiger partial charge < -0.3 is 24.3 Å². The zero-order valence-electron chi connectivity index (χ0n) is 22.5. The summed E-state index contributed by atoms with van der Waals surface area (Å²) < 4.78 is 16.3. The molecular weight excluding hydrogens is 500 g/mol. The number of anilines is 1. The standard InChI is InChI=1S/C32H30N6O2/c1-22-15-25(16-23(2)30(22)40-19-24-7-4-3-5-8-24)28-18-38(32-29(28)31(33)35-20-36-32)26-9-6-10-27(17-26)39-14-13-37-12-11-34-21-37/h3-12,15-18,20-21H,13-14,19H2,1-2H3,(H2,33,35,36). The van der Waals surface area contributed by atoms with Gasteiger partial charge in [-0.3, -0.25) is 0 Å². The van der Waals surface area contributed by atoms with Crippen LogP contribution in [0.4, 0.5) is 5.82 Å². The lowest BCUT2D eigenvalue weighted by molar-refractivity contribution is 0.298. The second kappa shape index (κ2) is 10.9. The Kier molecular flexibility index (Phi) is 6.89. The molecule has 0 radical (unpaired) electrons. The minimum absolute atomic E-state index is 0.436. The number of nitrogens with zero attached hydrogens (tertiary/aromatic N) is 5. The zero-order valence-corrected chi connectivity index (χ0v) is 22.5. The molecule has 0 aliphatic rings. The third kappa shape index (κ3) is 5.11. The largest absolute Gasteiger partial charge is 0.492 e. The SMILES string of the molecule is Cc1cc(-c2cn(-c3cccc(OCCn4ccnc4)c3)c3ncnc(N)c23)cc(C)c1OCc1ccccc1. The van der Waals surface area contributed by atoms with Crippen molar-refractivity contribution in [3.05, 3.63) is 115 Å². The first-order valence-electron chi connectivity index (χ1n) is 13.2. The van der Waals surface area contributed by atoms with E-state index in [0.717, 1.165) is 56.0 Å². The lowest BCUT2D eigenvalue weighted by Crippen LogP contribution is -2.06. The number of rotatable bonds is 9. The van der Waals surface area contributed by atoms with Gasteiger partial charge in [0.25, 0.3) is 0 Å². The first kappa shape index (κ1) is 25.2. The smallest absolute Gasteiger partial charge is 0.150 e. The van der Waals surface area contributed by atoms with E-state index in [9.17, 15) is 0 Å². The van der Waals surface area contributed by atoms with Gasteiger partial charge in [0.15, 0.2) is 5.65 Å². The van der Waals surface area contributed by atoms with E-state index < -0.39 is 0 Å². The maximum Gasteiger partial charge on any atom is 0.150 e. The van der Waals surface area contributed by atoms with Crippen molar-refractivity contribution < 1.29 is 9.47 Å². The molecule has 0 saturated carbocycles. The Morgan fingerprint density at radius 1 is 0.900 bits per heavy atom. The quantitative estimate of drug-likeness (QED) is 0.241. The predicted molar refractivity (Wildman–Crippen MR) is 157 cm³/mol. The van der Waals surface area contributed by atoms with E-state index in [2.05, 4.69) is 59.3 Å². The van der Waals surface area contributed by atoms with E-state index in [-0.39, 0.29) is 0 Å². The molecule has 0 atom stereocenters. The maximum absolute atomic E-state index is 6.42. The summed E-state index contributed by atoms with van der Waals surface area (Å²) in [5, 5.41) is 0.811. The van der Waals surface area contributed by atoms with Gasteiger partial charge >= 0.3 is 0 Å². The summed E-state index contributed by atoms with van der Waals surface area (Å²) in [5.41, 5.74) is 13.3. The molecule has 0 bridgehead atoms. The normalized spacial score (nSPS) is 11.2. The molecule has 8 nitrogen and oxygen atoms in total. The predicted octanol–water partition coefficient (Wildman–Crippen LogP) is 6.14. The van der Waals surface area contributed by atoms with Gasteiger partial charge in [-0.25, -0.2) is 15.0 Å². The molecule has 3 heterocycles. The highest BCUT2D eigenvalue weighted by Gasteiger charge is 2.18. The van der Waals surface area contributed by atoms with E-state index in [1.807, 2.05) is 57.8 Å². The Hall–Kier alpha value is -5.11. The summed E-state index contributed by atoms with van der Waals surface area (Å²) in [6.45, 7) is 5.90. The van der Waals surface area contributed by atoms with Crippen molar-refractivity contribution in [2.45, 2.75) is 27.0 Å². The van der Waals surface area contributed by atoms with E-state index in [1.54, 1.807) is 12.5 Å². The van der Waals surface area contributed by atoms with Gasteiger partial charge in [-0.1, -0.05) is 36.4 Å². The molecular formula is C32H30N6O2. The molecule has 6 aromatic rings. The van der Waals surface area contributed by atoms with Crippen LogP contribution in [0.1, 0.15) is 16.7 Å². The number of nitrogens with two attached hydrogens (primary N) is 1. The number of imidazole rings is 1. The van der Waals surface area contributed by atoms with Crippen LogP contribution < -0.4 is 15.2 Å². The van der Waals surface area contributed by atoms with Gasteiger partial charge in [-0.15, -0.1) is 0 Å². The second-order valence-electron chi connectivity index (χ2n) is 9.73. The van der Waals surface area contributed by atoms with Crippen molar-refractivity contribution in [2.75, 3.05) is 12.3 Å². The number of nitrogen functional groups attached to an aromatic ring is 1. The van der Waals surface area contributed by atoms with Crippen molar-refractivity contribution in [3.8, 4) is 28.3 Å². The number of hydrogen-bond donors (Lipinski definition) is 1. The molecule has 8 heteroatoms. The fourth-order valence-electron chi connectivity index (χ4n) is 4.98. The molecule has 0 aliphatic heterocycles. The van der Waals surface area contributed by atoms with Gasteiger partial charge in [0, 0.05) is 30.2 Å². The van der Waals surface area contributed by atoms with E-state index in [0.29, 0.717) is 25.6 Å². The van der Waals surface area contributed by atoms with Crippen molar-refractivity contribution >= 4 is 16.9 Å². The minimum atomic E-state index is 0.436. The average Bonchev–Trinajstić information content (AvgIpc) is 3.62. The van der Waals surface area contributed by atoms with Crippen LogP contribution in [0, 0.1) is 13.8 Å². The molecule has 0 amide bonds. The summed E-state index contributed by atoms with van der Waals surface area (Å²) in [6, 6.07) is 22.4. The fraction of sp³-hybridized carbons (Fsp3) is 0.156. The Balaban J connectivity index is 1.32. The van der Waals surface area contributed by atoms with E-state index >= 15 is 0 Å². The molecule has 40 heavy (non-hydrogen) atoms. The monoisotopic (exact) mass is 530 g/mol. The van der Waals surface area contributed by atoms with Crippen LogP contribution in [0.3, 0.4) is 0 Å². The highest BCUT2D eigenvalue weighted by molar-refractivity contribution is 6.01. The molecule has 6 rings (SSSR count). The topological polar surface area (TPSA) is 93.0 Å². The second-order valence-corrected chi connectivity index (χ2v) is 9.73. The Morgan fingerprint density at radius 3 is 2.50 bits per heavy atom. The summed E-state index contributed by atoms with van der Waals surface area (Å²) >= 11 is 0. The fourth-order valence-corrected chi connectivity index (χ4v) is 4.98. The van der Waals surface area contributed by atoms with Crippen molar-refractivity contribution in [1.82, 2.24) is 24.1 Å². The number of aromatic nitrogens is 5. The van der Waals surface area contributed by atoms with Crippen LogP contribution in [0.2, 0.25) is 0 Å². The first-order valence-corrected chi connectivity index (χ1v) is 13.2. The van der Waals surface area contributed by atoms with Crippen LogP contribution in [0.25, 0.3) is 27.8 Å². The number of fused-ring (bicyclic) bond motifs is 1. The number of aryl methyl sites for hydroxylation is 2. The Bertz CT molecular complexity index is 1740. The van der Waals surface area contributed by atoms with Crippen molar-refractivity contribution in [3.63, 3.8) is 0 Å². The van der Waals surface area contributed by atoms with Gasteiger partial charge in [-0.2, -0.15) is 0 Å². The van der Waals surface area contributed by atoms with E-state index in [4.69, 9.17) is 15.2 Å². The molecule has 0 fully saturated rings. The molecule has 0 aliphatic carbocycles. The van der Waals surface area contributed by atoms with Gasteiger partial charge in [0.05, 0.1) is 23.9 Å². The zero-order chi connectivity index (χ0) is 27.5. The summed E-state index contributed by atoms with van der Waals surface area (Å²) in [5.74, 6) is 2.10. The summed E-state index contributed by atoms with van der Waals surface area (Å²) in [4.78, 5) is 13.0. The summed E-state index contributed by atoms with van der Waals surface area (Å²) in [7, 11) is 0. The third-order valence-electron chi connectivity index (χ3n) is 6.88. The number of ether oxygens (including phenoxy) is 2. The number of benzene rings is 3. The number of hydrogen-bond acceptors (Lipinski definition) is 6. The van der Waals surface area contributed by atoms with Gasteiger partial charge in [0.1, 0.15) is 36.9 Å². The van der Waals surface area contributed by atoms with E-state index in [1.165, 1.54) is 6.33 Å². The van der Waals surface area contributed by atoms with Crippen molar-refractivity contribution in [1.29, 1.82) is 0 Å². The minimum Gasteiger partial charge on any atom is -0.492 e. The highest BCUT2D eigenvalue weighted by Crippen LogP contribution is 2.38. The van der Waals surface area contributed by atoms with Gasteiger partial charge in [0.2, 0.25) is 0 Å². The third-order valence-corrected chi connectivity index (χ3v) is 6.88. The molecule has 3 aromatic carbocycles. The van der Waals surface area contributed by atoms with Crippen LogP contribution in [-0.4, -0.2) is 30.7 Å².